The fourth-order valence-electron chi connectivity index (χ4n) is 6.53. The van der Waals surface area contributed by atoms with Crippen LogP contribution in [0.5, 0.6) is 0 Å². The van der Waals surface area contributed by atoms with Crippen LogP contribution in [0.25, 0.3) is 0 Å². The molecule has 0 unspecified atom stereocenters. The van der Waals surface area contributed by atoms with Gasteiger partial charge in [-0.2, -0.15) is 4.99 Å². The third-order valence-electron chi connectivity index (χ3n) is 10.3. The van der Waals surface area contributed by atoms with Crippen molar-refractivity contribution in [2.75, 3.05) is 62.4 Å². The summed E-state index contributed by atoms with van der Waals surface area (Å²) in [6.45, 7) is 8.11. The van der Waals surface area contributed by atoms with E-state index in [9.17, 15) is 28.8 Å². The van der Waals surface area contributed by atoms with E-state index in [2.05, 4.69) is 10.3 Å². The highest BCUT2D eigenvalue weighted by molar-refractivity contribution is 6.36. The Morgan fingerprint density at radius 2 is 0.903 bits per heavy atom. The molecule has 15 heteroatoms. The number of aliphatic hydroxyl groups is 4. The molecule has 0 bridgehead atoms. The van der Waals surface area contributed by atoms with Gasteiger partial charge in [0.15, 0.2) is 0 Å². The summed E-state index contributed by atoms with van der Waals surface area (Å²) < 4.78 is 0. The summed E-state index contributed by atoms with van der Waals surface area (Å²) in [6.07, 6.45) is 3.11. The molecule has 0 saturated carbocycles. The molecule has 0 radical (unpaired) electrons. The maximum Gasteiger partial charge on any atom is 0.248 e. The molecule has 328 valence electrons. The normalized spacial score (nSPS) is 14.6. The number of hydrogen-bond donors (Lipinski definition) is 5. The minimum Gasteiger partial charge on any atom is -0.395 e. The highest BCUT2D eigenvalue weighted by Gasteiger charge is 2.55. The lowest BCUT2D eigenvalue weighted by atomic mass is 9.81. The van der Waals surface area contributed by atoms with Crippen molar-refractivity contribution in [1.29, 1.82) is 0 Å². The van der Waals surface area contributed by atoms with E-state index in [0.717, 1.165) is 27.8 Å². The number of rotatable bonds is 17. The van der Waals surface area contributed by atoms with Crippen molar-refractivity contribution >= 4 is 52.7 Å². The van der Waals surface area contributed by atoms with Crippen LogP contribution in [0.4, 0.5) is 17.1 Å². The molecule has 2 aliphatic rings. The average Bonchev–Trinajstić information content (AvgIpc) is 3.27. The topological polar surface area (TPSA) is 217 Å². The summed E-state index contributed by atoms with van der Waals surface area (Å²) in [4.78, 5) is 78.3. The summed E-state index contributed by atoms with van der Waals surface area (Å²) in [5.41, 5.74) is 5.03. The number of amides is 5. The van der Waals surface area contributed by atoms with Gasteiger partial charge in [-0.1, -0.05) is 60.7 Å². The fourth-order valence-corrected chi connectivity index (χ4v) is 6.53. The molecule has 15 nitrogen and oxygen atoms in total. The van der Waals surface area contributed by atoms with Crippen molar-refractivity contribution in [2.24, 2.45) is 15.8 Å². The van der Waals surface area contributed by atoms with E-state index < -0.39 is 10.8 Å². The quantitative estimate of drug-likeness (QED) is 0.0342. The SMILES string of the molecule is CC1(C)C(=O)N(c2ccc(Cc3ccc(CC(=O)N(CCO)CCO)cc3)cc2)C1=O.CC1(C)C(=O)N(c2ccc(Cc3ccc(N=C=O)cc3)cc2)C1=O.OCCNCCO. The van der Waals surface area contributed by atoms with Gasteiger partial charge in [0.1, 0.15) is 10.8 Å². The number of carbonyl (C=O) groups is 5. The summed E-state index contributed by atoms with van der Waals surface area (Å²) in [7, 11) is 0. The van der Waals surface area contributed by atoms with E-state index in [4.69, 9.17) is 20.4 Å². The number of carbonyl (C=O) groups excluding carboxylic acids is 6. The van der Waals surface area contributed by atoms with Gasteiger partial charge in [-0.05, 0) is 105 Å². The summed E-state index contributed by atoms with van der Waals surface area (Å²) in [5, 5.41) is 37.2. The second-order valence-corrected chi connectivity index (χ2v) is 15.7. The number of benzene rings is 4. The molecule has 0 aromatic heterocycles. The Hall–Kier alpha value is -6.19. The van der Waals surface area contributed by atoms with Gasteiger partial charge in [-0.3, -0.25) is 24.0 Å². The largest absolute Gasteiger partial charge is 0.395 e. The molecule has 2 fully saturated rings. The molecule has 2 aliphatic heterocycles. The molecule has 62 heavy (non-hydrogen) atoms. The molecule has 5 amide bonds. The first-order valence-corrected chi connectivity index (χ1v) is 20.2. The number of aliphatic imine (C=N–C) groups is 1. The Balaban J connectivity index is 0.000000242. The number of nitrogens with one attached hydrogen (secondary N) is 1. The van der Waals surface area contributed by atoms with Crippen molar-refractivity contribution in [3.8, 4) is 0 Å². The molecule has 0 spiro atoms. The highest BCUT2D eigenvalue weighted by Crippen LogP contribution is 2.38. The van der Waals surface area contributed by atoms with Gasteiger partial charge >= 0.3 is 0 Å². The molecule has 0 atom stereocenters. The van der Waals surface area contributed by atoms with Gasteiger partial charge in [-0.25, -0.2) is 14.6 Å². The van der Waals surface area contributed by atoms with E-state index in [1.54, 1.807) is 64.1 Å². The lowest BCUT2D eigenvalue weighted by Crippen LogP contribution is -2.63. The molecular weight excluding hydrogens is 795 g/mol. The maximum absolute atomic E-state index is 12.3. The molecule has 4 aromatic carbocycles. The first-order chi connectivity index (χ1) is 29.6. The zero-order valence-corrected chi connectivity index (χ0v) is 35.5. The lowest BCUT2D eigenvalue weighted by molar-refractivity contribution is -0.151. The van der Waals surface area contributed by atoms with E-state index in [1.165, 1.54) is 20.8 Å². The van der Waals surface area contributed by atoms with Gasteiger partial charge in [0.05, 0.1) is 49.9 Å². The Kier molecular flexibility index (Phi) is 17.7. The van der Waals surface area contributed by atoms with Crippen molar-refractivity contribution in [1.82, 2.24) is 10.2 Å². The standard InChI is InChI=1S/C24H28N2O5.C19H16N2O3.C4H11NO2/c1-24(2)22(30)26(23(24)31)20-9-7-18(8-10-20)15-17-3-5-19(6-4-17)16-21(29)25(11-13-27)12-14-28;1-19(2)17(23)21(18(19)24)16-9-5-14(6-10-16)11-13-3-7-15(8-4-13)20-12-22;6-3-1-5-2-4-7/h3-10,27-28H,11-16H2,1-2H3;3-10H,11H2,1-2H3;5-7H,1-4H2. The van der Waals surface area contributed by atoms with Gasteiger partial charge in [0.2, 0.25) is 35.6 Å². The number of hydrogen-bond acceptors (Lipinski definition) is 12. The maximum atomic E-state index is 12.3. The number of β-lactam (4-membered cyclic amide) rings is 4. The van der Waals surface area contributed by atoms with E-state index >= 15 is 0 Å². The Morgan fingerprint density at radius 1 is 0.565 bits per heavy atom. The summed E-state index contributed by atoms with van der Waals surface area (Å²) in [5.74, 6) is -0.860. The van der Waals surface area contributed by atoms with Crippen molar-refractivity contribution in [3.05, 3.63) is 125 Å². The molecule has 2 saturated heterocycles. The van der Waals surface area contributed by atoms with Gasteiger partial charge in [0.25, 0.3) is 0 Å². The van der Waals surface area contributed by atoms with E-state index in [0.29, 0.717) is 43.0 Å². The van der Waals surface area contributed by atoms with Crippen molar-refractivity contribution in [2.45, 2.75) is 47.0 Å². The Morgan fingerprint density at radius 3 is 1.24 bits per heavy atom. The van der Waals surface area contributed by atoms with Crippen LogP contribution in [-0.4, -0.2) is 114 Å². The van der Waals surface area contributed by atoms with Crippen LogP contribution in [0.3, 0.4) is 0 Å². The predicted molar refractivity (Wildman–Crippen MR) is 233 cm³/mol. The van der Waals surface area contributed by atoms with Crippen LogP contribution in [0.2, 0.25) is 0 Å². The zero-order chi connectivity index (χ0) is 45.5. The molecule has 0 aliphatic carbocycles. The second-order valence-electron chi connectivity index (χ2n) is 15.7. The number of nitrogens with zero attached hydrogens (tertiary/aromatic N) is 4. The molecule has 2 heterocycles. The van der Waals surface area contributed by atoms with Crippen LogP contribution in [0.15, 0.2) is 102 Å². The fraction of sp³-hybridized carbons (Fsp3) is 0.362. The van der Waals surface area contributed by atoms with Gasteiger partial charge in [-0.15, -0.1) is 0 Å². The molecule has 5 N–H and O–H groups in total. The highest BCUT2D eigenvalue weighted by atomic mass is 16.3. The number of imide groups is 2. The minimum absolute atomic E-state index is 0.135. The Labute approximate surface area is 361 Å². The third-order valence-corrected chi connectivity index (χ3v) is 10.3. The second kappa shape index (κ2) is 22.6. The predicted octanol–water partition coefficient (Wildman–Crippen LogP) is 3.24. The van der Waals surface area contributed by atoms with Crippen LogP contribution < -0.4 is 15.1 Å². The van der Waals surface area contributed by atoms with Crippen molar-refractivity contribution in [3.63, 3.8) is 0 Å². The first-order valence-electron chi connectivity index (χ1n) is 20.2. The smallest absolute Gasteiger partial charge is 0.248 e. The van der Waals surface area contributed by atoms with Crippen LogP contribution >= 0.6 is 0 Å². The van der Waals surface area contributed by atoms with E-state index in [1.807, 2.05) is 60.7 Å². The molecule has 6 rings (SSSR count). The van der Waals surface area contributed by atoms with Crippen LogP contribution in [0, 0.1) is 10.8 Å². The summed E-state index contributed by atoms with van der Waals surface area (Å²) >= 11 is 0. The monoisotopic (exact) mass is 849 g/mol. The lowest BCUT2D eigenvalue weighted by Gasteiger charge is -2.41. The third kappa shape index (κ3) is 12.2. The molecule has 4 aromatic rings. The van der Waals surface area contributed by atoms with Crippen LogP contribution in [-0.2, 0) is 48.0 Å². The zero-order valence-electron chi connectivity index (χ0n) is 35.5. The van der Waals surface area contributed by atoms with Gasteiger partial charge in [0, 0.05) is 26.2 Å². The molecular formula is C47H55N5O10. The number of aliphatic hydroxyl groups excluding tert-OH is 4. The first kappa shape index (κ1) is 48.5. The Bertz CT molecular complexity index is 2150. The van der Waals surface area contributed by atoms with Crippen LogP contribution in [0.1, 0.15) is 55.5 Å². The average molecular weight is 850 g/mol. The van der Waals surface area contributed by atoms with Crippen molar-refractivity contribution < 1.29 is 49.2 Å². The minimum atomic E-state index is -0.935. The van der Waals surface area contributed by atoms with E-state index in [-0.39, 0.29) is 75.5 Å². The van der Waals surface area contributed by atoms with Gasteiger partial charge < -0.3 is 30.6 Å². The number of anilines is 2. The number of isocyanates is 1. The summed E-state index contributed by atoms with van der Waals surface area (Å²) in [6, 6.07) is 29.8.